The van der Waals surface area contributed by atoms with Gasteiger partial charge in [0.25, 0.3) is 10.0 Å². The Hall–Kier alpha value is -3.85. The van der Waals surface area contributed by atoms with Gasteiger partial charge >= 0.3 is 0 Å². The summed E-state index contributed by atoms with van der Waals surface area (Å²) in [5.74, 6) is -0.582. The number of nitrogens with zero attached hydrogens (tertiary/aromatic N) is 2. The molecule has 8 nitrogen and oxygen atoms in total. The normalized spacial score (nSPS) is 11.9. The average Bonchev–Trinajstić information content (AvgIpc) is 2.90. The van der Waals surface area contributed by atoms with E-state index >= 15 is 0 Å². The molecule has 0 radical (unpaired) electrons. The Morgan fingerprint density at radius 2 is 1.56 bits per heavy atom. The molecule has 2 amide bonds. The van der Waals surface area contributed by atoms with Crippen LogP contribution in [0.25, 0.3) is 0 Å². The molecule has 0 saturated heterocycles. The summed E-state index contributed by atoms with van der Waals surface area (Å²) in [6, 6.07) is 21.2. The van der Waals surface area contributed by atoms with Crippen LogP contribution in [0, 0.1) is 6.92 Å². The Morgan fingerprint density at radius 3 is 2.19 bits per heavy atom. The van der Waals surface area contributed by atoms with E-state index in [0.29, 0.717) is 5.75 Å². The molecule has 3 rings (SSSR count). The quantitative estimate of drug-likeness (QED) is 0.452. The molecule has 9 heteroatoms. The topological polar surface area (TPSA) is 96.0 Å². The highest BCUT2D eigenvalue weighted by atomic mass is 32.2. The van der Waals surface area contributed by atoms with E-state index in [-0.39, 0.29) is 23.0 Å². The minimum atomic E-state index is -4.14. The molecule has 0 heterocycles. The summed E-state index contributed by atoms with van der Waals surface area (Å²) in [5, 5.41) is 2.58. The molecular weight excluding hydrogens is 478 g/mol. The second-order valence-electron chi connectivity index (χ2n) is 8.23. The fourth-order valence-corrected chi connectivity index (χ4v) is 5.28. The third-order valence-electron chi connectivity index (χ3n) is 5.98. The van der Waals surface area contributed by atoms with E-state index in [4.69, 9.17) is 4.74 Å². The van der Waals surface area contributed by atoms with Crippen molar-refractivity contribution in [2.45, 2.75) is 31.3 Å². The zero-order valence-electron chi connectivity index (χ0n) is 20.8. The molecule has 190 valence electrons. The van der Waals surface area contributed by atoms with Gasteiger partial charge in [-0.2, -0.15) is 0 Å². The molecule has 3 aromatic carbocycles. The second-order valence-corrected chi connectivity index (χ2v) is 10.1. The van der Waals surface area contributed by atoms with Crippen LogP contribution in [-0.4, -0.2) is 51.9 Å². The fraction of sp³-hybridized carbons (Fsp3) is 0.259. The van der Waals surface area contributed by atoms with Crippen LogP contribution in [0.3, 0.4) is 0 Å². The predicted octanol–water partition coefficient (Wildman–Crippen LogP) is 3.36. The lowest BCUT2D eigenvalue weighted by atomic mass is 10.1. The monoisotopic (exact) mass is 509 g/mol. The molecule has 0 aliphatic rings. The SMILES string of the molecule is CNC(=O)[C@@H](C)N(Cc1ccccc1C)C(=O)CN(c1ccccc1OC)S(=O)(=O)c1ccccc1. The van der Waals surface area contributed by atoms with Crippen LogP contribution in [0.2, 0.25) is 0 Å². The number of nitrogens with one attached hydrogen (secondary N) is 1. The molecule has 0 saturated carbocycles. The lowest BCUT2D eigenvalue weighted by Gasteiger charge is -2.32. The molecule has 3 aromatic rings. The van der Waals surface area contributed by atoms with Gasteiger partial charge in [0.2, 0.25) is 11.8 Å². The van der Waals surface area contributed by atoms with E-state index < -0.39 is 28.5 Å². The van der Waals surface area contributed by atoms with Gasteiger partial charge in [-0.3, -0.25) is 13.9 Å². The number of carbonyl (C=O) groups excluding carboxylic acids is 2. The maximum atomic E-state index is 13.8. The van der Waals surface area contributed by atoms with Crippen molar-refractivity contribution in [2.24, 2.45) is 0 Å². The van der Waals surface area contributed by atoms with Gasteiger partial charge in [0, 0.05) is 13.6 Å². The van der Waals surface area contributed by atoms with Gasteiger partial charge in [0.1, 0.15) is 18.3 Å². The molecule has 0 aliphatic heterocycles. The number of ether oxygens (including phenoxy) is 1. The summed E-state index contributed by atoms with van der Waals surface area (Å²) in [6.45, 7) is 3.16. The third kappa shape index (κ3) is 5.85. The van der Waals surface area contributed by atoms with Gasteiger partial charge in [-0.05, 0) is 49.2 Å². The van der Waals surface area contributed by atoms with Crippen LogP contribution < -0.4 is 14.4 Å². The maximum Gasteiger partial charge on any atom is 0.264 e. The molecule has 0 fully saturated rings. The van der Waals surface area contributed by atoms with Crippen LogP contribution in [0.1, 0.15) is 18.1 Å². The number of likely N-dealkylation sites (N-methyl/N-ethyl adjacent to an activating group) is 1. The van der Waals surface area contributed by atoms with E-state index in [1.807, 2.05) is 31.2 Å². The molecule has 0 aromatic heterocycles. The van der Waals surface area contributed by atoms with E-state index in [1.165, 1.54) is 31.2 Å². The van der Waals surface area contributed by atoms with Gasteiger partial charge in [0.15, 0.2) is 0 Å². The number of aryl methyl sites for hydroxylation is 1. The molecule has 0 spiro atoms. The number of rotatable bonds is 10. The number of benzene rings is 3. The van der Waals surface area contributed by atoms with Gasteiger partial charge in [-0.15, -0.1) is 0 Å². The number of hydrogen-bond acceptors (Lipinski definition) is 5. The summed E-state index contributed by atoms with van der Waals surface area (Å²) < 4.78 is 34.0. The number of anilines is 1. The zero-order chi connectivity index (χ0) is 26.3. The zero-order valence-corrected chi connectivity index (χ0v) is 21.7. The first-order valence-electron chi connectivity index (χ1n) is 11.5. The van der Waals surface area contributed by atoms with Crippen molar-refractivity contribution in [1.29, 1.82) is 0 Å². The van der Waals surface area contributed by atoms with Crippen LogP contribution in [0.4, 0.5) is 5.69 Å². The fourth-order valence-electron chi connectivity index (χ4n) is 3.83. The Morgan fingerprint density at radius 1 is 0.944 bits per heavy atom. The van der Waals surface area contributed by atoms with Crippen LogP contribution >= 0.6 is 0 Å². The van der Waals surface area contributed by atoms with E-state index in [9.17, 15) is 18.0 Å². The number of methoxy groups -OCH3 is 1. The average molecular weight is 510 g/mol. The van der Waals surface area contributed by atoms with Crippen molar-refractivity contribution >= 4 is 27.5 Å². The van der Waals surface area contributed by atoms with E-state index in [0.717, 1.165) is 15.4 Å². The lowest BCUT2D eigenvalue weighted by molar-refractivity contribution is -0.139. The number of hydrogen-bond donors (Lipinski definition) is 1. The van der Waals surface area contributed by atoms with Crippen LogP contribution in [0.5, 0.6) is 5.75 Å². The van der Waals surface area contributed by atoms with Crippen LogP contribution in [0.15, 0.2) is 83.8 Å². The Kier molecular flexibility index (Phi) is 8.71. The molecular formula is C27H31N3O5S. The molecule has 36 heavy (non-hydrogen) atoms. The predicted molar refractivity (Wildman–Crippen MR) is 139 cm³/mol. The highest BCUT2D eigenvalue weighted by Crippen LogP contribution is 2.32. The first-order valence-corrected chi connectivity index (χ1v) is 12.9. The molecule has 0 aliphatic carbocycles. The number of sulfonamides is 1. The highest BCUT2D eigenvalue weighted by Gasteiger charge is 2.33. The number of amides is 2. The van der Waals surface area contributed by atoms with Crippen molar-refractivity contribution in [3.63, 3.8) is 0 Å². The maximum absolute atomic E-state index is 13.8. The van der Waals surface area contributed by atoms with Crippen molar-refractivity contribution in [1.82, 2.24) is 10.2 Å². The van der Waals surface area contributed by atoms with E-state index in [1.54, 1.807) is 49.4 Å². The molecule has 0 unspecified atom stereocenters. The smallest absolute Gasteiger partial charge is 0.264 e. The first-order chi connectivity index (χ1) is 17.2. The van der Waals surface area contributed by atoms with Gasteiger partial charge in [0.05, 0.1) is 17.7 Å². The van der Waals surface area contributed by atoms with Crippen molar-refractivity contribution < 1.29 is 22.7 Å². The highest BCUT2D eigenvalue weighted by molar-refractivity contribution is 7.92. The first kappa shape index (κ1) is 26.7. The largest absolute Gasteiger partial charge is 0.495 e. The van der Waals surface area contributed by atoms with Crippen LogP contribution in [-0.2, 0) is 26.2 Å². The van der Waals surface area contributed by atoms with Gasteiger partial charge in [-0.1, -0.05) is 54.6 Å². The minimum absolute atomic E-state index is 0.0357. The minimum Gasteiger partial charge on any atom is -0.495 e. The summed E-state index contributed by atoms with van der Waals surface area (Å²) in [6.07, 6.45) is 0. The lowest BCUT2D eigenvalue weighted by Crippen LogP contribution is -2.50. The Labute approximate surface area is 212 Å². The Balaban J connectivity index is 2.07. The number of para-hydroxylation sites is 2. The summed E-state index contributed by atoms with van der Waals surface area (Å²) in [5.41, 5.74) is 2.04. The molecule has 1 atom stereocenters. The van der Waals surface area contributed by atoms with E-state index in [2.05, 4.69) is 5.32 Å². The summed E-state index contributed by atoms with van der Waals surface area (Å²) in [4.78, 5) is 27.8. The van der Waals surface area contributed by atoms with Gasteiger partial charge in [-0.25, -0.2) is 8.42 Å². The molecule has 1 N–H and O–H groups in total. The van der Waals surface area contributed by atoms with Crippen molar-refractivity contribution in [3.05, 3.63) is 90.0 Å². The molecule has 0 bridgehead atoms. The summed E-state index contributed by atoms with van der Waals surface area (Å²) in [7, 11) is -1.21. The van der Waals surface area contributed by atoms with Gasteiger partial charge < -0.3 is 15.0 Å². The second kappa shape index (κ2) is 11.7. The third-order valence-corrected chi connectivity index (χ3v) is 7.75. The van der Waals surface area contributed by atoms with Crippen molar-refractivity contribution in [3.8, 4) is 5.75 Å². The number of carbonyl (C=O) groups is 2. The summed E-state index contributed by atoms with van der Waals surface area (Å²) >= 11 is 0. The van der Waals surface area contributed by atoms with Crippen molar-refractivity contribution in [2.75, 3.05) is 25.0 Å². The Bertz CT molecular complexity index is 1310. The standard InChI is InChI=1S/C27H31N3O5S/c1-20-12-8-9-13-22(20)18-29(21(2)27(32)28-3)26(31)19-30(24-16-10-11-17-25(24)35-4)36(33,34)23-14-6-5-7-15-23/h5-17,21H,18-19H2,1-4H3,(H,28,32)/t21-/m1/s1.